The minimum absolute atomic E-state index is 0.0746. The van der Waals surface area contributed by atoms with Crippen molar-refractivity contribution in [2.45, 2.75) is 39.0 Å². The predicted molar refractivity (Wildman–Crippen MR) is 87.2 cm³/mol. The Kier molecular flexibility index (Phi) is 6.41. The highest BCUT2D eigenvalue weighted by Gasteiger charge is 2.31. The molecule has 0 aliphatic carbocycles. The summed E-state index contributed by atoms with van der Waals surface area (Å²) in [5, 5.41) is 2.88. The van der Waals surface area contributed by atoms with Gasteiger partial charge in [-0.05, 0) is 32.6 Å². The van der Waals surface area contributed by atoms with E-state index < -0.39 is 10.0 Å². The lowest BCUT2D eigenvalue weighted by atomic mass is 9.99. The number of piperidine rings is 1. The highest BCUT2D eigenvalue weighted by atomic mass is 32.2. The molecule has 0 spiro atoms. The molecule has 0 saturated carbocycles. The number of nitrogens with zero attached hydrogens (tertiary/aromatic N) is 2. The first kappa shape index (κ1) is 18.2. The van der Waals surface area contributed by atoms with E-state index in [4.69, 9.17) is 0 Å². The van der Waals surface area contributed by atoms with Crippen LogP contribution in [0.3, 0.4) is 0 Å². The summed E-state index contributed by atoms with van der Waals surface area (Å²) in [6.07, 6.45) is 3.75. The maximum absolute atomic E-state index is 12.2. The van der Waals surface area contributed by atoms with E-state index in [1.165, 1.54) is 4.31 Å². The first-order valence-electron chi connectivity index (χ1n) is 8.47. The predicted octanol–water partition coefficient (Wildman–Crippen LogP) is 0.177. The Morgan fingerprint density at radius 1 is 1.30 bits per heavy atom. The van der Waals surface area contributed by atoms with Crippen molar-refractivity contribution < 1.29 is 18.0 Å². The normalized spacial score (nSPS) is 23.3. The summed E-state index contributed by atoms with van der Waals surface area (Å²) in [5.74, 6) is -0.0677. The van der Waals surface area contributed by atoms with Gasteiger partial charge in [0.15, 0.2) is 0 Å². The molecule has 7 nitrogen and oxygen atoms in total. The van der Waals surface area contributed by atoms with Crippen LogP contribution >= 0.6 is 0 Å². The van der Waals surface area contributed by atoms with Gasteiger partial charge in [-0.15, -0.1) is 0 Å². The van der Waals surface area contributed by atoms with Crippen LogP contribution in [0.1, 0.15) is 39.0 Å². The van der Waals surface area contributed by atoms with Crippen molar-refractivity contribution in [1.29, 1.82) is 0 Å². The number of carbonyl (C=O) groups is 2. The van der Waals surface area contributed by atoms with Gasteiger partial charge in [0.1, 0.15) is 0 Å². The molecule has 1 atom stereocenters. The molecule has 2 rings (SSSR count). The Morgan fingerprint density at radius 3 is 2.74 bits per heavy atom. The first-order chi connectivity index (χ1) is 10.9. The zero-order valence-electron chi connectivity index (χ0n) is 13.8. The van der Waals surface area contributed by atoms with Gasteiger partial charge in [0.05, 0.1) is 11.7 Å². The Morgan fingerprint density at radius 2 is 2.09 bits per heavy atom. The summed E-state index contributed by atoms with van der Waals surface area (Å²) in [5.41, 5.74) is 0. The summed E-state index contributed by atoms with van der Waals surface area (Å²) in [4.78, 5) is 25.5. The summed E-state index contributed by atoms with van der Waals surface area (Å²) in [7, 11) is -3.22. The minimum atomic E-state index is -3.22. The number of hydrogen-bond acceptors (Lipinski definition) is 4. The van der Waals surface area contributed by atoms with E-state index in [1.54, 1.807) is 6.92 Å². The monoisotopic (exact) mass is 345 g/mol. The number of hydrogen-bond donors (Lipinski definition) is 1. The average Bonchev–Trinajstić information content (AvgIpc) is 2.96. The van der Waals surface area contributed by atoms with E-state index in [0.29, 0.717) is 26.1 Å². The van der Waals surface area contributed by atoms with Crippen LogP contribution in [0.15, 0.2) is 0 Å². The third-order valence-corrected chi connectivity index (χ3v) is 6.44. The van der Waals surface area contributed by atoms with E-state index in [2.05, 4.69) is 5.32 Å². The van der Waals surface area contributed by atoms with Crippen LogP contribution in [0.4, 0.5) is 0 Å². The van der Waals surface area contributed by atoms with Gasteiger partial charge in [-0.25, -0.2) is 12.7 Å². The van der Waals surface area contributed by atoms with Crippen LogP contribution in [-0.4, -0.2) is 67.9 Å². The summed E-state index contributed by atoms with van der Waals surface area (Å²) in [6, 6.07) is 0. The molecule has 2 saturated heterocycles. The Hall–Kier alpha value is -1.15. The van der Waals surface area contributed by atoms with Gasteiger partial charge in [0.25, 0.3) is 0 Å². The summed E-state index contributed by atoms with van der Waals surface area (Å²) >= 11 is 0. The van der Waals surface area contributed by atoms with Crippen molar-refractivity contribution in [3.8, 4) is 0 Å². The van der Waals surface area contributed by atoms with Crippen LogP contribution < -0.4 is 5.32 Å². The van der Waals surface area contributed by atoms with Crippen molar-refractivity contribution in [2.75, 3.05) is 38.5 Å². The Labute approximate surface area is 138 Å². The molecule has 0 unspecified atom stereocenters. The molecule has 2 aliphatic rings. The topological polar surface area (TPSA) is 86.8 Å². The molecule has 8 heteroatoms. The standard InChI is InChI=1S/C15H27N3O4S/c1-2-23(21,22)18-11-3-6-13(12-18)15(20)16-8-5-10-17-9-4-7-14(17)19/h13H,2-12H2,1H3,(H,16,20)/t13-/m1/s1. The van der Waals surface area contributed by atoms with Gasteiger partial charge in [-0.2, -0.15) is 0 Å². The van der Waals surface area contributed by atoms with Crippen molar-refractivity contribution in [3.63, 3.8) is 0 Å². The van der Waals surface area contributed by atoms with Crippen molar-refractivity contribution in [3.05, 3.63) is 0 Å². The summed E-state index contributed by atoms with van der Waals surface area (Å²) in [6.45, 7) is 4.45. The number of amides is 2. The zero-order chi connectivity index (χ0) is 16.9. The molecule has 0 bridgehead atoms. The van der Waals surface area contributed by atoms with Crippen molar-refractivity contribution in [1.82, 2.24) is 14.5 Å². The lowest BCUT2D eigenvalue weighted by Gasteiger charge is -2.31. The van der Waals surface area contributed by atoms with E-state index in [9.17, 15) is 18.0 Å². The molecule has 2 aliphatic heterocycles. The lowest BCUT2D eigenvalue weighted by Crippen LogP contribution is -2.46. The quantitative estimate of drug-likeness (QED) is 0.667. The highest BCUT2D eigenvalue weighted by Crippen LogP contribution is 2.19. The van der Waals surface area contributed by atoms with Gasteiger partial charge in [0.2, 0.25) is 21.8 Å². The SMILES string of the molecule is CCS(=O)(=O)N1CCC[C@@H](C(=O)NCCCN2CCCC2=O)C1. The van der Waals surface area contributed by atoms with Crippen LogP contribution in [0.5, 0.6) is 0 Å². The molecular formula is C15H27N3O4S. The van der Waals surface area contributed by atoms with E-state index in [1.807, 2.05) is 4.90 Å². The fourth-order valence-corrected chi connectivity index (χ4v) is 4.34. The number of sulfonamides is 1. The van der Waals surface area contributed by atoms with E-state index in [0.717, 1.165) is 32.2 Å². The smallest absolute Gasteiger partial charge is 0.224 e. The number of rotatable bonds is 7. The molecule has 132 valence electrons. The van der Waals surface area contributed by atoms with Crippen LogP contribution in [0.2, 0.25) is 0 Å². The fraction of sp³-hybridized carbons (Fsp3) is 0.867. The molecule has 0 aromatic rings. The Balaban J connectivity index is 1.71. The van der Waals surface area contributed by atoms with Gasteiger partial charge in [0, 0.05) is 39.1 Å². The molecule has 1 N–H and O–H groups in total. The highest BCUT2D eigenvalue weighted by molar-refractivity contribution is 7.89. The number of likely N-dealkylation sites (tertiary alicyclic amines) is 1. The third-order valence-electron chi connectivity index (χ3n) is 4.59. The average molecular weight is 345 g/mol. The van der Waals surface area contributed by atoms with Gasteiger partial charge < -0.3 is 10.2 Å². The largest absolute Gasteiger partial charge is 0.356 e. The first-order valence-corrected chi connectivity index (χ1v) is 10.1. The van der Waals surface area contributed by atoms with Crippen LogP contribution in [0.25, 0.3) is 0 Å². The molecule has 0 radical (unpaired) electrons. The maximum Gasteiger partial charge on any atom is 0.224 e. The number of carbonyl (C=O) groups excluding carboxylic acids is 2. The minimum Gasteiger partial charge on any atom is -0.356 e. The molecule has 2 amide bonds. The molecule has 0 aromatic heterocycles. The second-order valence-electron chi connectivity index (χ2n) is 6.23. The Bertz CT molecular complexity index is 535. The van der Waals surface area contributed by atoms with Crippen LogP contribution in [-0.2, 0) is 19.6 Å². The van der Waals surface area contributed by atoms with Gasteiger partial charge in [-0.1, -0.05) is 0 Å². The van der Waals surface area contributed by atoms with Crippen molar-refractivity contribution in [2.24, 2.45) is 5.92 Å². The molecule has 23 heavy (non-hydrogen) atoms. The van der Waals surface area contributed by atoms with Crippen LogP contribution in [0, 0.1) is 5.92 Å². The molecule has 0 aromatic carbocycles. The number of nitrogens with one attached hydrogen (secondary N) is 1. The zero-order valence-corrected chi connectivity index (χ0v) is 14.6. The van der Waals surface area contributed by atoms with Crippen molar-refractivity contribution >= 4 is 21.8 Å². The molecule has 2 fully saturated rings. The third kappa shape index (κ3) is 4.91. The van der Waals surface area contributed by atoms with E-state index >= 15 is 0 Å². The lowest BCUT2D eigenvalue weighted by molar-refractivity contribution is -0.127. The van der Waals surface area contributed by atoms with E-state index in [-0.39, 0.29) is 30.0 Å². The maximum atomic E-state index is 12.2. The second kappa shape index (κ2) is 8.10. The molecule has 2 heterocycles. The fourth-order valence-electron chi connectivity index (χ4n) is 3.16. The van der Waals surface area contributed by atoms with Gasteiger partial charge in [-0.3, -0.25) is 9.59 Å². The molecular weight excluding hydrogens is 318 g/mol. The second-order valence-corrected chi connectivity index (χ2v) is 8.48. The summed E-state index contributed by atoms with van der Waals surface area (Å²) < 4.78 is 25.3. The van der Waals surface area contributed by atoms with Gasteiger partial charge >= 0.3 is 0 Å².